The van der Waals surface area contributed by atoms with Crippen LogP contribution in [0.1, 0.15) is 13.8 Å². The number of thioether (sulfide) groups is 1. The third kappa shape index (κ3) is 2.15. The molecule has 0 bridgehead atoms. The van der Waals surface area contributed by atoms with Gasteiger partial charge in [-0.2, -0.15) is 0 Å². The lowest BCUT2D eigenvalue weighted by molar-refractivity contribution is 1.09. The van der Waals surface area contributed by atoms with E-state index in [1.165, 1.54) is 22.3 Å². The molecule has 0 amide bonds. The third-order valence-corrected chi connectivity index (χ3v) is 6.98. The van der Waals surface area contributed by atoms with E-state index in [0.717, 1.165) is 12.3 Å². The SMILES string of the molecule is CC1=C(CP)C=CC2=C3C=CC(CP)=C(C)C3SC12. The fraction of sp³-hybridized carbons (Fsp3) is 0.375. The Bertz CT molecular complexity index is 526. The first-order valence-electron chi connectivity index (χ1n) is 6.72. The average Bonchev–Trinajstić information content (AvgIpc) is 2.80. The van der Waals surface area contributed by atoms with Gasteiger partial charge in [0.2, 0.25) is 0 Å². The number of allylic oxidation sites excluding steroid dienone is 6. The lowest BCUT2D eigenvalue weighted by Crippen LogP contribution is -2.11. The van der Waals surface area contributed by atoms with Crippen LogP contribution in [0.4, 0.5) is 0 Å². The number of rotatable bonds is 2. The molecule has 4 unspecified atom stereocenters. The van der Waals surface area contributed by atoms with Gasteiger partial charge in [0, 0.05) is 0 Å². The molecule has 3 heteroatoms. The molecule has 0 radical (unpaired) electrons. The molecule has 1 heterocycles. The van der Waals surface area contributed by atoms with Gasteiger partial charge < -0.3 is 0 Å². The summed E-state index contributed by atoms with van der Waals surface area (Å²) in [5.74, 6) is 0. The molecule has 1 aliphatic heterocycles. The van der Waals surface area contributed by atoms with E-state index in [9.17, 15) is 0 Å². The summed E-state index contributed by atoms with van der Waals surface area (Å²) in [5, 5.41) is 1.15. The van der Waals surface area contributed by atoms with Crippen molar-refractivity contribution in [3.8, 4) is 0 Å². The molecule has 0 aromatic rings. The molecule has 0 spiro atoms. The van der Waals surface area contributed by atoms with Gasteiger partial charge in [0.05, 0.1) is 10.5 Å². The molecule has 4 atom stereocenters. The van der Waals surface area contributed by atoms with Crippen molar-refractivity contribution < 1.29 is 0 Å². The van der Waals surface area contributed by atoms with Gasteiger partial charge in [-0.3, -0.25) is 0 Å². The maximum Gasteiger partial charge on any atom is 0.0522 e. The Labute approximate surface area is 125 Å². The zero-order chi connectivity index (χ0) is 13.6. The smallest absolute Gasteiger partial charge is 0.0522 e. The normalized spacial score (nSPS) is 29.3. The second-order valence-corrected chi connectivity index (χ2v) is 7.33. The van der Waals surface area contributed by atoms with Gasteiger partial charge in [0.25, 0.3) is 0 Å². The Kier molecular flexibility index (Phi) is 3.91. The van der Waals surface area contributed by atoms with Crippen molar-refractivity contribution in [1.29, 1.82) is 0 Å². The van der Waals surface area contributed by atoms with Crippen molar-refractivity contribution in [2.75, 3.05) is 12.3 Å². The maximum absolute atomic E-state index is 2.85. The summed E-state index contributed by atoms with van der Waals surface area (Å²) >= 11 is 2.12. The lowest BCUT2D eigenvalue weighted by atomic mass is 9.87. The Hall–Kier alpha value is -0.0900. The standard InChI is InChI=1S/C16H20P2S/c1-9-11(7-17)3-5-13-14-6-4-12(8-18)10(2)16(14)19-15(9)13/h3-6,15-16H,7-8,17-18H2,1-2H3. The largest absolute Gasteiger partial charge is 0.137 e. The van der Waals surface area contributed by atoms with Gasteiger partial charge in [-0.1, -0.05) is 35.5 Å². The molecule has 0 N–H and O–H groups in total. The van der Waals surface area contributed by atoms with Crippen LogP contribution in [0, 0.1) is 0 Å². The second-order valence-electron chi connectivity index (χ2n) is 5.30. The predicted octanol–water partition coefficient (Wildman–Crippen LogP) is 4.29. The maximum atomic E-state index is 2.85. The van der Waals surface area contributed by atoms with Gasteiger partial charge in [-0.05, 0) is 48.5 Å². The van der Waals surface area contributed by atoms with Crippen LogP contribution in [0.25, 0.3) is 0 Å². The van der Waals surface area contributed by atoms with Crippen molar-refractivity contribution in [3.63, 3.8) is 0 Å². The molecule has 0 fully saturated rings. The summed E-state index contributed by atoms with van der Waals surface area (Å²) in [6, 6.07) is 0. The lowest BCUT2D eigenvalue weighted by Gasteiger charge is -2.22. The van der Waals surface area contributed by atoms with Crippen molar-refractivity contribution in [2.24, 2.45) is 0 Å². The van der Waals surface area contributed by atoms with Gasteiger partial charge >= 0.3 is 0 Å². The summed E-state index contributed by atoms with van der Waals surface area (Å²) in [6.07, 6.45) is 11.4. The topological polar surface area (TPSA) is 0 Å². The van der Waals surface area contributed by atoms with Crippen LogP contribution in [0.3, 0.4) is 0 Å². The van der Waals surface area contributed by atoms with E-state index in [1.54, 1.807) is 11.1 Å². The molecule has 2 aliphatic carbocycles. The van der Waals surface area contributed by atoms with Crippen LogP contribution < -0.4 is 0 Å². The van der Waals surface area contributed by atoms with Crippen LogP contribution in [0.15, 0.2) is 57.7 Å². The summed E-state index contributed by atoms with van der Waals surface area (Å²) in [5.41, 5.74) is 9.15. The van der Waals surface area contributed by atoms with E-state index in [2.05, 4.69) is 68.4 Å². The van der Waals surface area contributed by atoms with E-state index in [1.807, 2.05) is 0 Å². The Balaban J connectivity index is 2.04. The summed E-state index contributed by atoms with van der Waals surface area (Å²) in [6.45, 7) is 4.61. The van der Waals surface area contributed by atoms with Gasteiger partial charge in [-0.15, -0.1) is 30.2 Å². The van der Waals surface area contributed by atoms with Gasteiger partial charge in [0.1, 0.15) is 0 Å². The molecule has 0 saturated heterocycles. The minimum absolute atomic E-state index is 0.573. The first-order chi connectivity index (χ1) is 9.17. The summed E-state index contributed by atoms with van der Waals surface area (Å²) in [4.78, 5) is 0. The minimum atomic E-state index is 0.573. The Morgan fingerprint density at radius 3 is 1.63 bits per heavy atom. The highest BCUT2D eigenvalue weighted by Crippen LogP contribution is 2.50. The molecule has 0 aromatic heterocycles. The second kappa shape index (κ2) is 5.36. The van der Waals surface area contributed by atoms with Gasteiger partial charge in [0.15, 0.2) is 0 Å². The first kappa shape index (κ1) is 13.9. The van der Waals surface area contributed by atoms with Crippen LogP contribution >= 0.6 is 30.2 Å². The summed E-state index contributed by atoms with van der Waals surface area (Å²) in [7, 11) is 5.70. The van der Waals surface area contributed by atoms with Gasteiger partial charge in [-0.25, -0.2) is 0 Å². The number of hydrogen-bond donors (Lipinski definition) is 0. The quantitative estimate of drug-likeness (QED) is 0.686. The molecule has 0 saturated carbocycles. The highest BCUT2D eigenvalue weighted by molar-refractivity contribution is 8.01. The third-order valence-electron chi connectivity index (χ3n) is 4.34. The first-order valence-corrected chi connectivity index (χ1v) is 9.30. The van der Waals surface area contributed by atoms with E-state index in [4.69, 9.17) is 0 Å². The van der Waals surface area contributed by atoms with E-state index in [-0.39, 0.29) is 0 Å². The monoisotopic (exact) mass is 306 g/mol. The fourth-order valence-electron chi connectivity index (χ4n) is 3.06. The minimum Gasteiger partial charge on any atom is -0.137 e. The Morgan fingerprint density at radius 1 is 0.842 bits per heavy atom. The molecule has 0 aromatic carbocycles. The van der Waals surface area contributed by atoms with Crippen LogP contribution in [-0.2, 0) is 0 Å². The van der Waals surface area contributed by atoms with Crippen molar-refractivity contribution in [1.82, 2.24) is 0 Å². The molecule has 0 nitrogen and oxygen atoms in total. The van der Waals surface area contributed by atoms with Crippen LogP contribution in [0.5, 0.6) is 0 Å². The number of hydrogen-bond acceptors (Lipinski definition) is 1. The Morgan fingerprint density at radius 2 is 1.26 bits per heavy atom. The highest BCUT2D eigenvalue weighted by atomic mass is 32.2. The average molecular weight is 306 g/mol. The van der Waals surface area contributed by atoms with Crippen LogP contribution in [0.2, 0.25) is 0 Å². The molecule has 19 heavy (non-hydrogen) atoms. The fourth-order valence-corrected chi connectivity index (χ4v) is 5.68. The molecular weight excluding hydrogens is 286 g/mol. The zero-order valence-corrected chi connectivity index (χ0v) is 14.6. The molecular formula is C16H20P2S. The molecule has 3 aliphatic rings. The van der Waals surface area contributed by atoms with Crippen LogP contribution in [-0.4, -0.2) is 22.8 Å². The number of fused-ring (bicyclic) bond motifs is 2. The van der Waals surface area contributed by atoms with E-state index >= 15 is 0 Å². The predicted molar refractivity (Wildman–Crippen MR) is 95.0 cm³/mol. The van der Waals surface area contributed by atoms with E-state index in [0.29, 0.717) is 10.5 Å². The zero-order valence-electron chi connectivity index (χ0n) is 11.4. The van der Waals surface area contributed by atoms with Crippen molar-refractivity contribution in [3.05, 3.63) is 57.7 Å². The van der Waals surface area contributed by atoms with E-state index < -0.39 is 0 Å². The van der Waals surface area contributed by atoms with Crippen molar-refractivity contribution in [2.45, 2.75) is 24.3 Å². The van der Waals surface area contributed by atoms with Crippen molar-refractivity contribution >= 4 is 30.2 Å². The highest BCUT2D eigenvalue weighted by Gasteiger charge is 2.37. The molecule has 100 valence electrons. The molecule has 3 rings (SSSR count). The summed E-state index contributed by atoms with van der Waals surface area (Å²) < 4.78 is 0.